The lowest BCUT2D eigenvalue weighted by Crippen LogP contribution is -2.61. The highest BCUT2D eigenvalue weighted by Gasteiger charge is 2.55. The average Bonchev–Trinajstić information content (AvgIpc) is 1.72. The molecule has 0 bridgehead atoms. The van der Waals surface area contributed by atoms with Crippen molar-refractivity contribution in [3.63, 3.8) is 0 Å². The maximum absolute atomic E-state index is 12.1. The number of benzene rings is 3. The minimum Gasteiger partial charge on any atom is -0.497 e. The molecule has 97 heavy (non-hydrogen) atoms. The largest absolute Gasteiger partial charge is 0.497 e. The van der Waals surface area contributed by atoms with Crippen LogP contribution in [0.15, 0.2) is 92.8 Å². The predicted octanol–water partition coefficient (Wildman–Crippen LogP) is 6.90. The van der Waals surface area contributed by atoms with Crippen LogP contribution in [0.2, 0.25) is 0 Å². The van der Waals surface area contributed by atoms with Crippen LogP contribution in [-0.2, 0) is 57.8 Å². The Morgan fingerprint density at radius 3 is 1.12 bits per heavy atom. The van der Waals surface area contributed by atoms with Crippen molar-refractivity contribution in [2.45, 2.75) is 200 Å². The second-order valence-electron chi connectivity index (χ2n) is 27.5. The van der Waals surface area contributed by atoms with E-state index in [1.165, 1.54) is 11.8 Å². The minimum atomic E-state index is -1.22. The van der Waals surface area contributed by atoms with Crippen molar-refractivity contribution in [1.82, 2.24) is 19.6 Å². The standard InChI is InChI=1S/C20H30N2O4S.C19H28N2O4S.C19H26N2O4S.C11H20N2O4S/c1-12-16(25-11-13-7-9-14(24-6)10-8-13)15-18(26-17(12)20(2,3)23)27-19(21-15)22(4)5;2*1-11-16(12(2)22)25-18-15(20-19(26-18)21(3)4)17(11)24-10-13-6-8-14(23-5)9-7-13;1-11(2,16)8-7(15)6(14)5-9(17-8)18-10(12-5)13(3)4/h7-10,12,15-18,23H,11H2,1-6H3;6-9,11-12,15-18,22H,10H2,1-5H3;6-9,11,15-18H,10H2,1-5H3;5-9,14-16H,1-4H3/t12-,15+,16-,17-,18+;11-,12?,15-,16+,17+,18-;11-,15-,16+,17+,18-;5-,6-,7+,8+,9-/m0111/s1. The number of nitrogens with zero attached hydrogens (tertiary/aromatic N) is 8. The molecule has 8 heterocycles. The van der Waals surface area contributed by atoms with Gasteiger partial charge in [0.1, 0.15) is 87.6 Å². The first kappa shape index (κ1) is 78.3. The summed E-state index contributed by atoms with van der Waals surface area (Å²) in [5, 5.41) is 54.4. The molecule has 3 aromatic carbocycles. The Hall–Kier alpha value is -4.47. The molecule has 0 spiro atoms. The predicted molar refractivity (Wildman–Crippen MR) is 384 cm³/mol. The van der Waals surface area contributed by atoms with Crippen molar-refractivity contribution >= 4 is 73.5 Å². The Bertz CT molecular complexity index is 3160. The number of fused-ring (bicyclic) bond motifs is 4. The number of carbonyl (C=O) groups is 1. The molecule has 21 atom stereocenters. The number of ether oxygens (including phenoxy) is 10. The molecule has 1 unspecified atom stereocenters. The highest BCUT2D eigenvalue weighted by Crippen LogP contribution is 2.46. The third-order valence-corrected chi connectivity index (χ3v) is 23.0. The molecule has 0 amide bonds. The molecule has 28 heteroatoms. The van der Waals surface area contributed by atoms with E-state index in [-0.39, 0.29) is 93.9 Å². The Morgan fingerprint density at radius 1 is 0.485 bits per heavy atom. The second kappa shape index (κ2) is 34.0. The van der Waals surface area contributed by atoms with Crippen molar-refractivity contribution in [2.24, 2.45) is 37.7 Å². The lowest BCUT2D eigenvalue weighted by molar-refractivity contribution is -0.208. The topological polar surface area (TPSA) is 273 Å². The van der Waals surface area contributed by atoms with Crippen LogP contribution in [0.25, 0.3) is 0 Å². The molecule has 5 N–H and O–H groups in total. The summed E-state index contributed by atoms with van der Waals surface area (Å²) in [5.41, 5.74) is 0.240. The summed E-state index contributed by atoms with van der Waals surface area (Å²) in [6.07, 6.45) is -4.99. The number of aliphatic hydroxyl groups excluding tert-OH is 3. The van der Waals surface area contributed by atoms with Gasteiger partial charge in [-0.05, 0) is 94.6 Å². The number of ketones is 1. The van der Waals surface area contributed by atoms with Gasteiger partial charge in [-0.15, -0.1) is 0 Å². The molecular formula is C69H104N8O16S4. The fourth-order valence-corrected chi connectivity index (χ4v) is 17.1. The van der Waals surface area contributed by atoms with Crippen molar-refractivity contribution in [1.29, 1.82) is 0 Å². The van der Waals surface area contributed by atoms with Crippen LogP contribution < -0.4 is 14.2 Å². The quantitative estimate of drug-likeness (QED) is 0.0975. The number of Topliss-reactive ketones (excluding diaryl/α,β-unsaturated/α-hetero) is 1. The Morgan fingerprint density at radius 2 is 0.794 bits per heavy atom. The summed E-state index contributed by atoms with van der Waals surface area (Å²) in [7, 11) is 20.5. The summed E-state index contributed by atoms with van der Waals surface area (Å²) < 4.78 is 58.7. The van der Waals surface area contributed by atoms with Crippen LogP contribution in [0.5, 0.6) is 17.2 Å². The molecule has 4 saturated heterocycles. The normalized spacial score (nSPS) is 32.8. The van der Waals surface area contributed by atoms with Crippen molar-refractivity contribution in [2.75, 3.05) is 77.7 Å². The Labute approximate surface area is 590 Å². The van der Waals surface area contributed by atoms with Crippen LogP contribution in [-0.4, -0.2) is 267 Å². The molecule has 0 saturated carbocycles. The summed E-state index contributed by atoms with van der Waals surface area (Å²) >= 11 is 6.16. The molecule has 8 aliphatic rings. The van der Waals surface area contributed by atoms with Crippen molar-refractivity contribution < 1.29 is 77.7 Å². The Kier molecular flexibility index (Phi) is 27.4. The summed E-state index contributed by atoms with van der Waals surface area (Å²) in [6.45, 7) is 17.6. The molecule has 4 fully saturated rings. The molecule has 0 aromatic heterocycles. The van der Waals surface area contributed by atoms with Crippen molar-refractivity contribution in [3.8, 4) is 17.2 Å². The summed E-state index contributed by atoms with van der Waals surface area (Å²) in [4.78, 5) is 38.7. The van der Waals surface area contributed by atoms with Gasteiger partial charge in [-0.2, -0.15) is 0 Å². The zero-order valence-electron chi connectivity index (χ0n) is 59.6. The lowest BCUT2D eigenvalue weighted by Gasteiger charge is -2.45. The minimum absolute atomic E-state index is 0.00959. The number of methoxy groups -OCH3 is 3. The van der Waals surface area contributed by atoms with E-state index in [2.05, 4.69) is 18.8 Å². The Balaban J connectivity index is 0.000000167. The van der Waals surface area contributed by atoms with Crippen LogP contribution in [0.4, 0.5) is 0 Å². The third-order valence-electron chi connectivity index (χ3n) is 17.8. The van der Waals surface area contributed by atoms with Gasteiger partial charge >= 0.3 is 0 Å². The van der Waals surface area contributed by atoms with E-state index >= 15 is 0 Å². The van der Waals surface area contributed by atoms with Crippen LogP contribution in [0.3, 0.4) is 0 Å². The second-order valence-corrected chi connectivity index (χ2v) is 31.8. The number of amidine groups is 4. The van der Waals surface area contributed by atoms with E-state index in [0.29, 0.717) is 19.8 Å². The number of rotatable bonds is 16. The van der Waals surface area contributed by atoms with Crippen LogP contribution in [0.1, 0.15) is 79.0 Å². The zero-order chi connectivity index (χ0) is 71.1. The zero-order valence-corrected chi connectivity index (χ0v) is 62.9. The summed E-state index contributed by atoms with van der Waals surface area (Å²) in [5.74, 6) is 2.50. The average molecular weight is 1430 g/mol. The van der Waals surface area contributed by atoms with Gasteiger partial charge in [0.15, 0.2) is 26.5 Å². The number of carbonyl (C=O) groups excluding carboxylic acids is 1. The number of hydrogen-bond donors (Lipinski definition) is 5. The first-order valence-corrected chi connectivity index (χ1v) is 36.3. The summed E-state index contributed by atoms with van der Waals surface area (Å²) in [6, 6.07) is 22.8. The highest BCUT2D eigenvalue weighted by atomic mass is 32.2. The number of hydrogen-bond acceptors (Lipinski definition) is 28. The number of aliphatic hydroxyl groups is 5. The van der Waals surface area contributed by atoms with Gasteiger partial charge in [0.2, 0.25) is 0 Å². The van der Waals surface area contributed by atoms with E-state index in [1.54, 1.807) is 98.2 Å². The molecule has 3 aromatic rings. The van der Waals surface area contributed by atoms with E-state index in [1.807, 2.05) is 156 Å². The maximum Gasteiger partial charge on any atom is 0.161 e. The smallest absolute Gasteiger partial charge is 0.161 e. The van der Waals surface area contributed by atoms with Crippen LogP contribution >= 0.6 is 47.0 Å². The van der Waals surface area contributed by atoms with E-state index in [9.17, 15) is 30.3 Å². The molecule has 24 nitrogen and oxygen atoms in total. The lowest BCUT2D eigenvalue weighted by atomic mass is 9.82. The SMILES string of the molecule is CN(C)C1=N[C@@H]2[C@@H](O)[C@H](O)[C@@H](C(C)(C)O)O[C@@H]2S1.COc1ccc(CO[C@H]2[C@H](C)[C@@H](C(C)(C)O)O[C@@H]3SC(N(C)C)=N[C@H]23)cc1.COc1ccc(CO[C@H]2[C@H](C)[C@@H](C(C)=O)O[C@@H]3SC(N(C)C)=N[C@H]23)cc1.COc1ccc(CO[C@H]2[C@H](C)[C@@H](C(C)O)O[C@@H]3SC(N(C)C)=N[C@H]23)cc1. The molecule has 0 aliphatic carbocycles. The van der Waals surface area contributed by atoms with Crippen molar-refractivity contribution in [3.05, 3.63) is 89.5 Å². The van der Waals surface area contributed by atoms with E-state index in [4.69, 9.17) is 62.3 Å². The van der Waals surface area contributed by atoms with Gasteiger partial charge in [-0.3, -0.25) is 24.8 Å². The molecular weight excluding hydrogens is 1330 g/mol. The number of thioether (sulfide) groups is 4. The molecule has 11 rings (SSSR count). The van der Waals surface area contributed by atoms with Crippen LogP contribution in [0, 0.1) is 17.8 Å². The fourth-order valence-electron chi connectivity index (χ4n) is 12.6. The molecule has 0 radical (unpaired) electrons. The van der Waals surface area contributed by atoms with Gasteiger partial charge in [-0.1, -0.05) is 104 Å². The van der Waals surface area contributed by atoms with E-state index < -0.39 is 47.8 Å². The van der Waals surface area contributed by atoms with Gasteiger partial charge in [0.05, 0.1) is 89.0 Å². The number of aliphatic imine (C=N–C) groups is 4. The first-order valence-electron chi connectivity index (χ1n) is 32.7. The van der Waals surface area contributed by atoms with Gasteiger partial charge < -0.3 is 92.5 Å². The van der Waals surface area contributed by atoms with Gasteiger partial charge in [0, 0.05) is 74.1 Å². The highest BCUT2D eigenvalue weighted by molar-refractivity contribution is 8.15. The van der Waals surface area contributed by atoms with Gasteiger partial charge in [0.25, 0.3) is 0 Å². The molecule has 540 valence electrons. The molecule has 8 aliphatic heterocycles. The maximum atomic E-state index is 12.1. The van der Waals surface area contributed by atoms with E-state index in [0.717, 1.165) is 54.6 Å². The third kappa shape index (κ3) is 19.4. The first-order chi connectivity index (χ1) is 45.7. The fraction of sp³-hybridized carbons (Fsp3) is 0.667. The van der Waals surface area contributed by atoms with Gasteiger partial charge in [-0.25, -0.2) is 0 Å². The monoisotopic (exact) mass is 1430 g/mol.